The maximum absolute atomic E-state index is 9.12. The number of aliphatic hydroxyl groups excluding tert-OH is 1. The van der Waals surface area contributed by atoms with E-state index in [1.54, 1.807) is 12.1 Å². The molecule has 0 unspecified atom stereocenters. The topological polar surface area (TPSA) is 87.9 Å². The van der Waals surface area contributed by atoms with Crippen LogP contribution in [0.5, 0.6) is 0 Å². The molecule has 0 bridgehead atoms. The highest BCUT2D eigenvalue weighted by atomic mass is 79.9. The average Bonchev–Trinajstić information content (AvgIpc) is 2.85. The van der Waals surface area contributed by atoms with E-state index in [2.05, 4.69) is 26.2 Å². The minimum absolute atomic E-state index is 0.0562. The summed E-state index contributed by atoms with van der Waals surface area (Å²) in [6, 6.07) is 5.40. The number of halogens is 1. The molecule has 0 atom stereocenters. The van der Waals surface area contributed by atoms with Crippen molar-refractivity contribution in [3.05, 3.63) is 22.5 Å². The molecule has 0 saturated carbocycles. The Morgan fingerprint density at radius 3 is 2.94 bits per heavy atom. The van der Waals surface area contributed by atoms with Crippen LogP contribution in [-0.4, -0.2) is 20.1 Å². The Bertz CT molecular complexity index is 540. The maximum Gasteiger partial charge on any atom is 0.169 e. The van der Waals surface area contributed by atoms with E-state index in [0.717, 1.165) is 0 Å². The summed E-state index contributed by atoms with van der Waals surface area (Å²) in [6.07, 6.45) is 0. The molecular weight excluding hydrogens is 276 g/mol. The van der Waals surface area contributed by atoms with Crippen molar-refractivity contribution in [2.24, 2.45) is 0 Å². The minimum atomic E-state index is -0.251. The summed E-state index contributed by atoms with van der Waals surface area (Å²) in [7, 11) is 0. The van der Waals surface area contributed by atoms with Crippen LogP contribution in [0.2, 0.25) is 0 Å². The molecule has 82 valence electrons. The predicted molar refractivity (Wildman–Crippen MR) is 57.0 cm³/mol. The molecule has 0 aliphatic heterocycles. The van der Waals surface area contributed by atoms with Crippen LogP contribution in [0.15, 0.2) is 21.2 Å². The second-order valence-corrected chi connectivity index (χ2v) is 3.74. The van der Waals surface area contributed by atoms with Crippen LogP contribution in [0.1, 0.15) is 5.69 Å². The highest BCUT2D eigenvalue weighted by molar-refractivity contribution is 9.10. The number of nitriles is 1. The summed E-state index contributed by atoms with van der Waals surface area (Å²) >= 11 is 3.18. The van der Waals surface area contributed by atoms with Crippen LogP contribution in [0.4, 0.5) is 0 Å². The van der Waals surface area contributed by atoms with Crippen LogP contribution in [0, 0.1) is 11.3 Å². The smallest absolute Gasteiger partial charge is 0.169 e. The van der Waals surface area contributed by atoms with Gasteiger partial charge in [0.2, 0.25) is 0 Å². The lowest BCUT2D eigenvalue weighted by Crippen LogP contribution is -2.00. The number of furan rings is 1. The van der Waals surface area contributed by atoms with E-state index in [4.69, 9.17) is 14.8 Å². The fraction of sp³-hybridized carbons (Fsp3) is 0.222. The lowest BCUT2D eigenvalue weighted by molar-refractivity contribution is 0.277. The van der Waals surface area contributed by atoms with Gasteiger partial charge in [-0.2, -0.15) is 5.26 Å². The summed E-state index contributed by atoms with van der Waals surface area (Å²) in [6.45, 7) is -0.195. The van der Waals surface area contributed by atoms with Gasteiger partial charge < -0.3 is 9.52 Å². The standard InChI is InChI=1S/C9H7BrN4O2/c10-8-2-1-7(16-8)9-6(5-15)12-13-14(9)4-3-11/h1-2,15H,4-5H2. The highest BCUT2D eigenvalue weighted by Crippen LogP contribution is 2.26. The van der Waals surface area contributed by atoms with E-state index in [1.807, 2.05) is 6.07 Å². The lowest BCUT2D eigenvalue weighted by atomic mass is 10.2. The molecule has 0 aromatic carbocycles. The molecule has 0 aliphatic rings. The van der Waals surface area contributed by atoms with E-state index in [0.29, 0.717) is 21.8 Å². The van der Waals surface area contributed by atoms with Gasteiger partial charge in [-0.1, -0.05) is 5.21 Å². The first-order chi connectivity index (χ1) is 7.76. The zero-order valence-electron chi connectivity index (χ0n) is 8.09. The molecule has 16 heavy (non-hydrogen) atoms. The van der Waals surface area contributed by atoms with Gasteiger partial charge in [-0.05, 0) is 28.1 Å². The third-order valence-corrected chi connectivity index (χ3v) is 2.41. The number of aliphatic hydroxyl groups is 1. The van der Waals surface area contributed by atoms with Gasteiger partial charge in [0.1, 0.15) is 17.9 Å². The Labute approximate surface area is 99.2 Å². The largest absolute Gasteiger partial charge is 0.448 e. The molecule has 2 heterocycles. The number of hydrogen-bond donors (Lipinski definition) is 1. The van der Waals surface area contributed by atoms with Gasteiger partial charge in [0.25, 0.3) is 0 Å². The third kappa shape index (κ3) is 1.85. The molecule has 1 N–H and O–H groups in total. The molecule has 0 aliphatic carbocycles. The zero-order valence-corrected chi connectivity index (χ0v) is 9.68. The maximum atomic E-state index is 9.12. The van der Waals surface area contributed by atoms with Gasteiger partial charge >= 0.3 is 0 Å². The van der Waals surface area contributed by atoms with Gasteiger partial charge in [-0.25, -0.2) is 4.68 Å². The molecule has 0 radical (unpaired) electrons. The summed E-state index contributed by atoms with van der Waals surface area (Å²) < 4.78 is 7.30. The summed E-state index contributed by atoms with van der Waals surface area (Å²) in [5, 5.41) is 25.3. The fourth-order valence-corrected chi connectivity index (χ4v) is 1.65. The van der Waals surface area contributed by atoms with Gasteiger partial charge in [-0.3, -0.25) is 0 Å². The van der Waals surface area contributed by atoms with Crippen molar-refractivity contribution in [3.63, 3.8) is 0 Å². The Hall–Kier alpha value is -1.65. The number of nitrogens with zero attached hydrogens (tertiary/aromatic N) is 4. The molecule has 6 nitrogen and oxygen atoms in total. The minimum Gasteiger partial charge on any atom is -0.448 e. The molecule has 0 fully saturated rings. The Morgan fingerprint density at radius 2 is 2.38 bits per heavy atom. The van der Waals surface area contributed by atoms with Crippen LogP contribution >= 0.6 is 15.9 Å². The molecule has 2 aromatic heterocycles. The van der Waals surface area contributed by atoms with Crippen molar-refractivity contribution in [3.8, 4) is 17.5 Å². The average molecular weight is 283 g/mol. The molecular formula is C9H7BrN4O2. The van der Waals surface area contributed by atoms with Crippen molar-refractivity contribution in [2.75, 3.05) is 0 Å². The summed E-state index contributed by atoms with van der Waals surface area (Å²) in [5.74, 6) is 0.510. The molecule has 0 saturated heterocycles. The van der Waals surface area contributed by atoms with Gasteiger partial charge in [0.05, 0.1) is 12.7 Å². The Kier molecular flexibility index (Phi) is 3.03. The molecule has 0 amide bonds. The Morgan fingerprint density at radius 1 is 1.56 bits per heavy atom. The molecule has 2 aromatic rings. The van der Waals surface area contributed by atoms with Crippen molar-refractivity contribution in [2.45, 2.75) is 13.2 Å². The zero-order chi connectivity index (χ0) is 11.5. The van der Waals surface area contributed by atoms with Crippen molar-refractivity contribution < 1.29 is 9.52 Å². The Balaban J connectivity index is 2.52. The van der Waals surface area contributed by atoms with Crippen molar-refractivity contribution >= 4 is 15.9 Å². The van der Waals surface area contributed by atoms with Gasteiger partial charge in [0.15, 0.2) is 10.4 Å². The first-order valence-electron chi connectivity index (χ1n) is 4.42. The fourth-order valence-electron chi connectivity index (χ4n) is 1.34. The first-order valence-corrected chi connectivity index (χ1v) is 5.21. The van der Waals surface area contributed by atoms with E-state index in [9.17, 15) is 0 Å². The molecule has 7 heteroatoms. The van der Waals surface area contributed by atoms with E-state index in [1.165, 1.54) is 4.68 Å². The highest BCUT2D eigenvalue weighted by Gasteiger charge is 2.17. The van der Waals surface area contributed by atoms with Crippen LogP contribution in [-0.2, 0) is 13.2 Å². The second kappa shape index (κ2) is 4.47. The summed E-state index contributed by atoms with van der Waals surface area (Å²) in [5.41, 5.74) is 0.909. The molecule has 2 rings (SSSR count). The van der Waals surface area contributed by atoms with E-state index in [-0.39, 0.29) is 13.2 Å². The molecule has 0 spiro atoms. The van der Waals surface area contributed by atoms with E-state index < -0.39 is 0 Å². The van der Waals surface area contributed by atoms with Gasteiger partial charge in [-0.15, -0.1) is 5.10 Å². The third-order valence-electron chi connectivity index (χ3n) is 1.98. The van der Waals surface area contributed by atoms with Crippen LogP contribution in [0.3, 0.4) is 0 Å². The summed E-state index contributed by atoms with van der Waals surface area (Å²) in [4.78, 5) is 0. The predicted octanol–water partition coefficient (Wildman–Crippen LogP) is 1.32. The van der Waals surface area contributed by atoms with E-state index >= 15 is 0 Å². The quantitative estimate of drug-likeness (QED) is 0.917. The normalized spacial score (nSPS) is 10.3. The van der Waals surface area contributed by atoms with Crippen molar-refractivity contribution in [1.29, 1.82) is 5.26 Å². The number of aromatic nitrogens is 3. The number of hydrogen-bond acceptors (Lipinski definition) is 5. The van der Waals surface area contributed by atoms with Crippen LogP contribution < -0.4 is 0 Å². The van der Waals surface area contributed by atoms with Crippen molar-refractivity contribution in [1.82, 2.24) is 15.0 Å². The SMILES string of the molecule is N#CCn1nnc(CO)c1-c1ccc(Br)o1. The monoisotopic (exact) mass is 282 g/mol. The van der Waals surface area contributed by atoms with Crippen LogP contribution in [0.25, 0.3) is 11.5 Å². The lowest BCUT2D eigenvalue weighted by Gasteiger charge is -1.99. The first kappa shape index (κ1) is 10.9. The number of rotatable bonds is 3. The van der Waals surface area contributed by atoms with Gasteiger partial charge in [0, 0.05) is 0 Å². The second-order valence-electron chi connectivity index (χ2n) is 2.96.